The zero-order chi connectivity index (χ0) is 61.2. The topological polar surface area (TPSA) is 307 Å². The van der Waals surface area contributed by atoms with E-state index in [9.17, 15) is 61.0 Å². The van der Waals surface area contributed by atoms with Crippen LogP contribution in [0, 0.1) is 0 Å². The van der Waals surface area contributed by atoms with Crippen molar-refractivity contribution < 1.29 is 89.4 Å². The van der Waals surface area contributed by atoms with Gasteiger partial charge in [0.1, 0.15) is 73.2 Å². The van der Waals surface area contributed by atoms with E-state index in [0.29, 0.717) is 6.42 Å². The minimum Gasteiger partial charge on any atom is -0.394 e. The maximum absolute atomic E-state index is 13.4. The van der Waals surface area contributed by atoms with Crippen LogP contribution >= 0.6 is 0 Å². The molecule has 17 unspecified atom stereocenters. The Hall–Kier alpha value is -1.73. The van der Waals surface area contributed by atoms with Crippen molar-refractivity contribution in [3.05, 3.63) is 24.3 Å². The van der Waals surface area contributed by atoms with Crippen LogP contribution in [0.2, 0.25) is 0 Å². The Bertz CT molecular complexity index is 1630. The summed E-state index contributed by atoms with van der Waals surface area (Å²) in [7, 11) is 0. The molecule has 494 valence electrons. The second-order valence-corrected chi connectivity index (χ2v) is 24.3. The Balaban J connectivity index is 1.47. The lowest BCUT2D eigenvalue weighted by Crippen LogP contribution is -2.66. The van der Waals surface area contributed by atoms with Crippen molar-refractivity contribution in [1.82, 2.24) is 5.32 Å². The van der Waals surface area contributed by atoms with Gasteiger partial charge < -0.3 is 89.9 Å². The van der Waals surface area contributed by atoms with Gasteiger partial charge in [-0.1, -0.05) is 224 Å². The van der Waals surface area contributed by atoms with Gasteiger partial charge in [-0.15, -0.1) is 0 Å². The van der Waals surface area contributed by atoms with E-state index >= 15 is 0 Å². The van der Waals surface area contributed by atoms with Gasteiger partial charge in [0, 0.05) is 6.42 Å². The van der Waals surface area contributed by atoms with Gasteiger partial charge in [-0.2, -0.15) is 0 Å². The van der Waals surface area contributed by atoms with Crippen LogP contribution in [0.5, 0.6) is 0 Å². The summed E-state index contributed by atoms with van der Waals surface area (Å²) in [6.45, 7) is 1.75. The molecule has 3 fully saturated rings. The van der Waals surface area contributed by atoms with Crippen molar-refractivity contribution in [3.8, 4) is 0 Å². The summed E-state index contributed by atoms with van der Waals surface area (Å²) in [6, 6.07) is -0.973. The number of carbonyl (C=O) groups excluding carboxylic acids is 1. The smallest absolute Gasteiger partial charge is 0.220 e. The van der Waals surface area contributed by atoms with Crippen molar-refractivity contribution >= 4 is 5.91 Å². The van der Waals surface area contributed by atoms with Crippen LogP contribution in [0.25, 0.3) is 0 Å². The van der Waals surface area contributed by atoms with Gasteiger partial charge in [0.2, 0.25) is 5.91 Å². The molecule has 19 nitrogen and oxygen atoms in total. The van der Waals surface area contributed by atoms with Crippen molar-refractivity contribution in [2.45, 2.75) is 356 Å². The van der Waals surface area contributed by atoms with Crippen molar-refractivity contribution in [2.75, 3.05) is 26.4 Å². The van der Waals surface area contributed by atoms with E-state index in [-0.39, 0.29) is 18.9 Å². The first-order valence-electron chi connectivity index (χ1n) is 33.6. The van der Waals surface area contributed by atoms with E-state index in [1.54, 1.807) is 6.08 Å². The molecule has 0 bridgehead atoms. The summed E-state index contributed by atoms with van der Waals surface area (Å²) in [4.78, 5) is 13.4. The summed E-state index contributed by atoms with van der Waals surface area (Å²) in [5.74, 6) is -0.278. The predicted molar refractivity (Wildman–Crippen MR) is 323 cm³/mol. The average molecular weight is 1200 g/mol. The van der Waals surface area contributed by atoms with Crippen LogP contribution in [-0.2, 0) is 33.2 Å². The van der Waals surface area contributed by atoms with E-state index in [1.165, 1.54) is 167 Å². The van der Waals surface area contributed by atoms with Crippen LogP contribution in [-0.4, -0.2) is 193 Å². The molecule has 0 aromatic rings. The molecule has 3 heterocycles. The summed E-state index contributed by atoms with van der Waals surface area (Å²) in [5, 5.41) is 120. The van der Waals surface area contributed by atoms with Crippen LogP contribution in [0.3, 0.4) is 0 Å². The van der Waals surface area contributed by atoms with Gasteiger partial charge in [0.25, 0.3) is 0 Å². The molecule has 0 spiro atoms. The first-order chi connectivity index (χ1) is 40.8. The Labute approximate surface area is 505 Å². The maximum atomic E-state index is 13.4. The lowest BCUT2D eigenvalue weighted by molar-refractivity contribution is -0.379. The molecular weight excluding hydrogens is 1080 g/mol. The molecule has 3 rings (SSSR count). The summed E-state index contributed by atoms with van der Waals surface area (Å²) in [6.07, 6.45) is 25.7. The van der Waals surface area contributed by atoms with Gasteiger partial charge in [0.05, 0.1) is 38.6 Å². The molecule has 84 heavy (non-hydrogen) atoms. The van der Waals surface area contributed by atoms with Gasteiger partial charge in [-0.05, 0) is 44.9 Å². The molecule has 19 heteroatoms. The van der Waals surface area contributed by atoms with Crippen LogP contribution in [0.15, 0.2) is 24.3 Å². The lowest BCUT2D eigenvalue weighted by Gasteiger charge is -2.48. The van der Waals surface area contributed by atoms with Crippen LogP contribution in [0.1, 0.15) is 251 Å². The fourth-order valence-electron chi connectivity index (χ4n) is 11.5. The largest absolute Gasteiger partial charge is 0.394 e. The third kappa shape index (κ3) is 30.7. The molecule has 1 amide bonds. The number of allylic oxidation sites excluding steroid dienone is 3. The number of nitrogens with one attached hydrogen (secondary N) is 1. The molecule has 0 aliphatic carbocycles. The first-order valence-corrected chi connectivity index (χ1v) is 33.6. The highest BCUT2D eigenvalue weighted by Gasteiger charge is 2.53. The highest BCUT2D eigenvalue weighted by Crippen LogP contribution is 2.33. The molecule has 0 aromatic heterocycles. The number of aliphatic hydroxyl groups excluding tert-OH is 11. The number of unbranched alkanes of at least 4 members (excludes halogenated alkanes) is 33. The van der Waals surface area contributed by atoms with Gasteiger partial charge in [0.15, 0.2) is 18.9 Å². The molecule has 3 aliphatic rings. The summed E-state index contributed by atoms with van der Waals surface area (Å²) >= 11 is 0. The quantitative estimate of drug-likeness (QED) is 0.0204. The number of amides is 1. The van der Waals surface area contributed by atoms with Gasteiger partial charge >= 0.3 is 0 Å². The van der Waals surface area contributed by atoms with Crippen LogP contribution < -0.4 is 5.32 Å². The SMILES string of the molecule is CCCCCCCCC/C=C\CCCCCCCCCC(=O)NC(COC1OC(CO)C(OC2OC(CO)C(OC3OC(CO)C(O)C(O)C3O)C(O)C2O)C(O)C1O)C(O)/C=C/CCCCCCCCCCCCCCCCCCCCC. The van der Waals surface area contributed by atoms with E-state index < -0.39 is 124 Å². The molecule has 0 saturated carbocycles. The highest BCUT2D eigenvalue weighted by molar-refractivity contribution is 5.76. The second-order valence-electron chi connectivity index (χ2n) is 24.3. The zero-order valence-corrected chi connectivity index (χ0v) is 51.9. The average Bonchev–Trinajstić information content (AvgIpc) is 2.97. The van der Waals surface area contributed by atoms with E-state index in [0.717, 1.165) is 57.8 Å². The lowest BCUT2D eigenvalue weighted by atomic mass is 9.96. The second kappa shape index (κ2) is 48.2. The standard InChI is InChI=1S/C65H121NO18/c1-3-5-7-9-11-13-15-17-19-21-23-24-25-26-28-30-32-34-36-38-40-42-49(70)48(66-53(71)43-41-39-37-35-33-31-29-27-22-20-18-16-14-12-10-8-6-4-2)47-79-63-59(77)56(74)61(51(45-68)81-63)84-65-60(78)57(75)62(52(46-69)82-65)83-64-58(76)55(73)54(72)50(44-67)80-64/h20,22,40,42,48-52,54-65,67-70,72-78H,3-19,21,23-39,41,43-47H2,1-2H3,(H,66,71)/b22-20-,42-40+. The first kappa shape index (κ1) is 76.5. The van der Waals surface area contributed by atoms with Crippen molar-refractivity contribution in [1.29, 1.82) is 0 Å². The summed E-state index contributed by atoms with van der Waals surface area (Å²) in [5.41, 5.74) is 0. The zero-order valence-electron chi connectivity index (χ0n) is 51.9. The number of aliphatic hydroxyl groups is 11. The minimum absolute atomic E-state index is 0.240. The Kier molecular flexibility index (Phi) is 43.9. The molecule has 3 saturated heterocycles. The summed E-state index contributed by atoms with van der Waals surface area (Å²) < 4.78 is 34.3. The third-order valence-corrected chi connectivity index (χ3v) is 17.0. The molecule has 3 aliphatic heterocycles. The fourth-order valence-corrected chi connectivity index (χ4v) is 11.5. The Morgan fingerprint density at radius 3 is 1.15 bits per heavy atom. The van der Waals surface area contributed by atoms with Gasteiger partial charge in [-0.25, -0.2) is 0 Å². The Morgan fingerprint density at radius 2 is 0.750 bits per heavy atom. The Morgan fingerprint density at radius 1 is 0.417 bits per heavy atom. The van der Waals surface area contributed by atoms with Gasteiger partial charge in [-0.3, -0.25) is 4.79 Å². The number of hydrogen-bond donors (Lipinski definition) is 12. The normalized spacial score (nSPS) is 29.3. The number of ether oxygens (including phenoxy) is 6. The van der Waals surface area contributed by atoms with Crippen LogP contribution in [0.4, 0.5) is 0 Å². The highest BCUT2D eigenvalue weighted by atomic mass is 16.8. The molecule has 0 aromatic carbocycles. The molecule has 12 N–H and O–H groups in total. The van der Waals surface area contributed by atoms with E-state index in [2.05, 4.69) is 31.3 Å². The van der Waals surface area contributed by atoms with E-state index in [4.69, 9.17) is 28.4 Å². The fraction of sp³-hybridized carbons (Fsp3) is 0.923. The molecular formula is C65H121NO18. The van der Waals surface area contributed by atoms with E-state index in [1.807, 2.05) is 6.08 Å². The molecule has 17 atom stereocenters. The number of carbonyl (C=O) groups is 1. The van der Waals surface area contributed by atoms with Crippen molar-refractivity contribution in [2.24, 2.45) is 0 Å². The van der Waals surface area contributed by atoms with Crippen molar-refractivity contribution in [3.63, 3.8) is 0 Å². The number of hydrogen-bond acceptors (Lipinski definition) is 18. The maximum Gasteiger partial charge on any atom is 0.220 e. The third-order valence-electron chi connectivity index (χ3n) is 17.0. The number of rotatable bonds is 51. The predicted octanol–water partition coefficient (Wildman–Crippen LogP) is 7.88. The minimum atomic E-state index is -1.98. The monoisotopic (exact) mass is 1200 g/mol. The molecule has 0 radical (unpaired) electrons.